The number of sulfonamides is 1. The van der Waals surface area contributed by atoms with Crippen LogP contribution in [0.15, 0.2) is 29.3 Å². The second-order valence-electron chi connectivity index (χ2n) is 6.06. The lowest BCUT2D eigenvalue weighted by molar-refractivity contribution is 0.223. The smallest absolute Gasteiger partial charge is 0.213 e. The molecule has 0 aliphatic carbocycles. The summed E-state index contributed by atoms with van der Waals surface area (Å²) in [7, 11) is 1.79. The topological polar surface area (TPSA) is 92.3 Å². The fraction of sp³-hybridized carbons (Fsp3) is 0.611. The van der Waals surface area contributed by atoms with Gasteiger partial charge in [-0.05, 0) is 32.4 Å². The standard InChI is InChI=1S/C18H32N4O4S.HI/c1-6-27(23,24)22(4)12-8-11-20-18(19-3)21-14-15(2)26-17-10-7-9-16(13-17)25-5;/h7,9-10,13,15H,6,8,11-12,14H2,1-5H3,(H2,19,20,21);1H. The number of aliphatic imine (C=N–C) groups is 1. The molecule has 0 spiro atoms. The van der Waals surface area contributed by atoms with E-state index in [2.05, 4.69) is 15.6 Å². The number of hydrogen-bond donors (Lipinski definition) is 2. The number of nitrogens with one attached hydrogen (secondary N) is 2. The summed E-state index contributed by atoms with van der Waals surface area (Å²) in [5.41, 5.74) is 0. The molecule has 1 aromatic rings. The maximum Gasteiger partial charge on any atom is 0.213 e. The number of benzene rings is 1. The Morgan fingerprint density at radius 2 is 1.96 bits per heavy atom. The molecule has 0 saturated heterocycles. The Kier molecular flexibility index (Phi) is 13.2. The van der Waals surface area contributed by atoms with Crippen molar-refractivity contribution in [2.45, 2.75) is 26.4 Å². The molecule has 1 rings (SSSR count). The van der Waals surface area contributed by atoms with Crippen LogP contribution in [0.2, 0.25) is 0 Å². The Balaban J connectivity index is 0.00000729. The zero-order valence-electron chi connectivity index (χ0n) is 17.3. The summed E-state index contributed by atoms with van der Waals surface area (Å²) in [4.78, 5) is 4.16. The maximum atomic E-state index is 11.7. The third-order valence-electron chi connectivity index (χ3n) is 3.94. The number of methoxy groups -OCH3 is 1. The summed E-state index contributed by atoms with van der Waals surface area (Å²) in [5, 5.41) is 6.37. The molecule has 0 fully saturated rings. The number of nitrogens with zero attached hydrogens (tertiary/aromatic N) is 2. The predicted molar refractivity (Wildman–Crippen MR) is 125 cm³/mol. The van der Waals surface area contributed by atoms with E-state index >= 15 is 0 Å². The van der Waals surface area contributed by atoms with Gasteiger partial charge in [0.2, 0.25) is 10.0 Å². The lowest BCUT2D eigenvalue weighted by Gasteiger charge is -2.19. The molecule has 0 bridgehead atoms. The van der Waals surface area contributed by atoms with Crippen LogP contribution < -0.4 is 20.1 Å². The zero-order valence-corrected chi connectivity index (χ0v) is 20.4. The highest BCUT2D eigenvalue weighted by Crippen LogP contribution is 2.19. The van der Waals surface area contributed by atoms with Gasteiger partial charge < -0.3 is 20.1 Å². The van der Waals surface area contributed by atoms with Crippen LogP contribution in [0.1, 0.15) is 20.3 Å². The summed E-state index contributed by atoms with van der Waals surface area (Å²) in [6.07, 6.45) is 0.614. The van der Waals surface area contributed by atoms with Crippen LogP contribution in [0.5, 0.6) is 11.5 Å². The second-order valence-corrected chi connectivity index (χ2v) is 8.43. The molecular formula is C18H33IN4O4S. The molecule has 1 aromatic carbocycles. The van der Waals surface area contributed by atoms with Gasteiger partial charge in [-0.1, -0.05) is 6.07 Å². The Bertz CT molecular complexity index is 701. The minimum absolute atomic E-state index is 0. The Hall–Kier alpha value is -1.27. The van der Waals surface area contributed by atoms with E-state index in [-0.39, 0.29) is 35.8 Å². The van der Waals surface area contributed by atoms with E-state index in [4.69, 9.17) is 9.47 Å². The van der Waals surface area contributed by atoms with Crippen LogP contribution in [0.3, 0.4) is 0 Å². The molecule has 162 valence electrons. The Labute approximate surface area is 186 Å². The lowest BCUT2D eigenvalue weighted by Crippen LogP contribution is -2.42. The lowest BCUT2D eigenvalue weighted by atomic mass is 10.3. The van der Waals surface area contributed by atoms with Crippen molar-refractivity contribution in [1.82, 2.24) is 14.9 Å². The minimum Gasteiger partial charge on any atom is -0.497 e. The number of rotatable bonds is 11. The van der Waals surface area contributed by atoms with Crippen molar-refractivity contribution in [2.24, 2.45) is 4.99 Å². The van der Waals surface area contributed by atoms with Gasteiger partial charge in [-0.2, -0.15) is 0 Å². The average molecular weight is 528 g/mol. The summed E-state index contributed by atoms with van der Waals surface area (Å²) in [5.74, 6) is 2.26. The van der Waals surface area contributed by atoms with E-state index in [0.29, 0.717) is 32.0 Å². The van der Waals surface area contributed by atoms with E-state index in [0.717, 1.165) is 11.5 Å². The van der Waals surface area contributed by atoms with Gasteiger partial charge in [-0.3, -0.25) is 4.99 Å². The number of ether oxygens (including phenoxy) is 2. The van der Waals surface area contributed by atoms with Crippen molar-refractivity contribution in [3.8, 4) is 11.5 Å². The first-order valence-corrected chi connectivity index (χ1v) is 10.6. The molecule has 0 radical (unpaired) electrons. The van der Waals surface area contributed by atoms with Crippen molar-refractivity contribution < 1.29 is 17.9 Å². The number of halogens is 1. The minimum atomic E-state index is -3.13. The number of hydrogen-bond acceptors (Lipinski definition) is 5. The molecule has 0 heterocycles. The molecule has 0 aromatic heterocycles. The van der Waals surface area contributed by atoms with E-state index in [1.54, 1.807) is 28.1 Å². The SMILES string of the molecule is CCS(=O)(=O)N(C)CCCNC(=NC)NCC(C)Oc1cccc(OC)c1.I. The molecule has 0 aliphatic rings. The second kappa shape index (κ2) is 13.8. The van der Waals surface area contributed by atoms with E-state index < -0.39 is 10.0 Å². The molecule has 0 amide bonds. The molecule has 0 saturated carbocycles. The van der Waals surface area contributed by atoms with Gasteiger partial charge >= 0.3 is 0 Å². The molecule has 28 heavy (non-hydrogen) atoms. The highest BCUT2D eigenvalue weighted by atomic mass is 127. The van der Waals surface area contributed by atoms with Gasteiger partial charge in [0.15, 0.2) is 5.96 Å². The van der Waals surface area contributed by atoms with Gasteiger partial charge in [0.25, 0.3) is 0 Å². The van der Waals surface area contributed by atoms with E-state index in [9.17, 15) is 8.42 Å². The van der Waals surface area contributed by atoms with Gasteiger partial charge in [0.1, 0.15) is 17.6 Å². The van der Waals surface area contributed by atoms with Crippen molar-refractivity contribution in [3.63, 3.8) is 0 Å². The normalized spacial score (nSPS) is 12.9. The van der Waals surface area contributed by atoms with Crippen molar-refractivity contribution in [2.75, 3.05) is 46.6 Å². The maximum absolute atomic E-state index is 11.7. The van der Waals surface area contributed by atoms with Crippen LogP contribution in [0.25, 0.3) is 0 Å². The molecular weight excluding hydrogens is 495 g/mol. The van der Waals surface area contributed by atoms with E-state index in [1.165, 1.54) is 4.31 Å². The number of guanidine groups is 1. The van der Waals surface area contributed by atoms with Gasteiger partial charge in [-0.15, -0.1) is 24.0 Å². The van der Waals surface area contributed by atoms with Crippen LogP contribution in [-0.4, -0.2) is 71.4 Å². The molecule has 1 atom stereocenters. The van der Waals surface area contributed by atoms with Gasteiger partial charge in [-0.25, -0.2) is 12.7 Å². The average Bonchev–Trinajstić information content (AvgIpc) is 2.67. The Morgan fingerprint density at radius 3 is 2.57 bits per heavy atom. The highest BCUT2D eigenvalue weighted by molar-refractivity contribution is 14.0. The first-order valence-electron chi connectivity index (χ1n) is 9.01. The van der Waals surface area contributed by atoms with Crippen LogP contribution in [-0.2, 0) is 10.0 Å². The van der Waals surface area contributed by atoms with E-state index in [1.807, 2.05) is 31.2 Å². The molecule has 10 heteroatoms. The van der Waals surface area contributed by atoms with Crippen LogP contribution in [0.4, 0.5) is 0 Å². The highest BCUT2D eigenvalue weighted by Gasteiger charge is 2.14. The van der Waals surface area contributed by atoms with Crippen LogP contribution in [0, 0.1) is 0 Å². The van der Waals surface area contributed by atoms with Crippen LogP contribution >= 0.6 is 24.0 Å². The van der Waals surface area contributed by atoms with Gasteiger partial charge in [0.05, 0.1) is 19.4 Å². The summed E-state index contributed by atoms with van der Waals surface area (Å²) in [6, 6.07) is 7.46. The van der Waals surface area contributed by atoms with Gasteiger partial charge in [0, 0.05) is 33.3 Å². The quantitative estimate of drug-likeness (QED) is 0.197. The summed E-state index contributed by atoms with van der Waals surface area (Å²) in [6.45, 7) is 5.26. The molecule has 1 unspecified atom stereocenters. The van der Waals surface area contributed by atoms with Crippen molar-refractivity contribution in [3.05, 3.63) is 24.3 Å². The monoisotopic (exact) mass is 528 g/mol. The zero-order chi connectivity index (χ0) is 20.3. The Morgan fingerprint density at radius 1 is 1.29 bits per heavy atom. The third-order valence-corrected chi connectivity index (χ3v) is 5.80. The van der Waals surface area contributed by atoms with Crippen molar-refractivity contribution >= 4 is 40.0 Å². The molecule has 2 N–H and O–H groups in total. The largest absolute Gasteiger partial charge is 0.497 e. The van der Waals surface area contributed by atoms with Crippen molar-refractivity contribution in [1.29, 1.82) is 0 Å². The molecule has 8 nitrogen and oxygen atoms in total. The fourth-order valence-corrected chi connectivity index (χ4v) is 3.13. The summed E-state index contributed by atoms with van der Waals surface area (Å²) < 4.78 is 35.8. The first kappa shape index (κ1) is 26.7. The third kappa shape index (κ3) is 9.78. The molecule has 0 aliphatic heterocycles. The summed E-state index contributed by atoms with van der Waals surface area (Å²) >= 11 is 0. The first-order chi connectivity index (χ1) is 12.8. The predicted octanol–water partition coefficient (Wildman–Crippen LogP) is 1.92. The fourth-order valence-electron chi connectivity index (χ4n) is 2.28.